The van der Waals surface area contributed by atoms with Crippen molar-refractivity contribution in [3.63, 3.8) is 0 Å². The van der Waals surface area contributed by atoms with Crippen LogP contribution >= 0.6 is 32.9 Å². The third-order valence-corrected chi connectivity index (χ3v) is 11.0. The Balaban J connectivity index is 1.82. The fourth-order valence-electron chi connectivity index (χ4n) is 3.07. The Morgan fingerprint density at radius 1 is 0.931 bits per heavy atom. The highest BCUT2D eigenvalue weighted by Gasteiger charge is 2.41. The summed E-state index contributed by atoms with van der Waals surface area (Å²) in [5.74, 6) is 0. The van der Waals surface area contributed by atoms with E-state index < -0.39 is 8.80 Å². The van der Waals surface area contributed by atoms with E-state index in [2.05, 4.69) is 43.3 Å². The molecular weight excluding hydrogens is 439 g/mol. The molecule has 0 unspecified atom stereocenters. The largest absolute Gasteiger partial charge is 0.505 e. The van der Waals surface area contributed by atoms with Gasteiger partial charge in [-0.3, -0.25) is 0 Å². The zero-order valence-corrected chi connectivity index (χ0v) is 20.7. The van der Waals surface area contributed by atoms with Gasteiger partial charge in [0.25, 0.3) is 0 Å². The van der Waals surface area contributed by atoms with Gasteiger partial charge in [-0.2, -0.15) is 0 Å². The summed E-state index contributed by atoms with van der Waals surface area (Å²) >= 11 is 1.73. The molecule has 0 spiro atoms. The van der Waals surface area contributed by atoms with Crippen LogP contribution in [0.3, 0.4) is 0 Å². The van der Waals surface area contributed by atoms with Crippen molar-refractivity contribution < 1.29 is 13.3 Å². The van der Waals surface area contributed by atoms with E-state index in [0.717, 1.165) is 9.86 Å². The van der Waals surface area contributed by atoms with Crippen molar-refractivity contribution in [1.82, 2.24) is 4.98 Å². The summed E-state index contributed by atoms with van der Waals surface area (Å²) in [6.07, 6.45) is 0. The number of hydrogen-bond donors (Lipinski definition) is 0. The molecule has 1 heterocycles. The number of aryl methyl sites for hydroxylation is 1. The van der Waals surface area contributed by atoms with Crippen LogP contribution in [0.2, 0.25) is 0 Å². The molecule has 0 saturated carbocycles. The van der Waals surface area contributed by atoms with Crippen LogP contribution in [-0.4, -0.2) is 33.6 Å². The van der Waals surface area contributed by atoms with Crippen molar-refractivity contribution in [2.45, 2.75) is 43.0 Å². The van der Waals surface area contributed by atoms with E-state index in [4.69, 9.17) is 18.3 Å². The minimum absolute atomic E-state index is 0.584. The number of fused-ring (bicyclic) bond motifs is 1. The Bertz CT molecular complexity index is 884. The van der Waals surface area contributed by atoms with Crippen LogP contribution in [0.15, 0.2) is 51.7 Å². The summed E-state index contributed by atoms with van der Waals surface area (Å²) in [5.41, 5.74) is 3.49. The minimum Gasteiger partial charge on any atom is -0.374 e. The van der Waals surface area contributed by atoms with Crippen molar-refractivity contribution in [2.75, 3.05) is 19.8 Å². The Labute approximate surface area is 186 Å². The fourth-order valence-corrected chi connectivity index (χ4v) is 9.28. The minimum atomic E-state index is -2.76. The number of para-hydroxylation sites is 1. The molecule has 3 aromatic rings. The summed E-state index contributed by atoms with van der Waals surface area (Å²) < 4.78 is 20.5. The predicted octanol–water partition coefficient (Wildman–Crippen LogP) is 6.53. The molecule has 0 aliphatic heterocycles. The third-order valence-electron chi connectivity index (χ3n) is 4.19. The van der Waals surface area contributed by atoms with Gasteiger partial charge in [-0.05, 0) is 73.0 Å². The zero-order valence-electron chi connectivity index (χ0n) is 17.3. The quantitative estimate of drug-likeness (QED) is 0.237. The third kappa shape index (κ3) is 6.07. The van der Waals surface area contributed by atoms with E-state index in [0.29, 0.717) is 25.9 Å². The Morgan fingerprint density at radius 2 is 1.62 bits per heavy atom. The highest BCUT2D eigenvalue weighted by atomic mass is 33.1. The van der Waals surface area contributed by atoms with E-state index in [1.807, 2.05) is 26.8 Å². The average Bonchev–Trinajstić information content (AvgIpc) is 3.11. The molecule has 0 N–H and O–H groups in total. The molecule has 0 radical (unpaired) electrons. The van der Waals surface area contributed by atoms with Crippen LogP contribution < -0.4 is 0 Å². The number of hydrogen-bond acceptors (Lipinski definition) is 7. The summed E-state index contributed by atoms with van der Waals surface area (Å²) in [6.45, 7) is 9.85. The molecule has 0 bridgehead atoms. The molecule has 0 aliphatic rings. The predicted molar refractivity (Wildman–Crippen MR) is 127 cm³/mol. The molecule has 0 fully saturated rings. The summed E-state index contributed by atoms with van der Waals surface area (Å²) in [7, 11) is 0.681. The first-order chi connectivity index (χ1) is 14.1. The first kappa shape index (κ1) is 22.8. The van der Waals surface area contributed by atoms with E-state index in [9.17, 15) is 0 Å². The zero-order chi connectivity index (χ0) is 20.7. The van der Waals surface area contributed by atoms with E-state index >= 15 is 0 Å². The molecule has 4 nitrogen and oxygen atoms in total. The van der Waals surface area contributed by atoms with Crippen LogP contribution in [0, 0.1) is 6.92 Å². The lowest BCUT2D eigenvalue weighted by Gasteiger charge is -2.29. The molecule has 156 valence electrons. The molecule has 0 atom stereocenters. The molecule has 3 rings (SSSR count). The van der Waals surface area contributed by atoms with Gasteiger partial charge in [-0.1, -0.05) is 29.8 Å². The molecule has 0 aliphatic carbocycles. The molecule has 2 aromatic carbocycles. The van der Waals surface area contributed by atoms with E-state index in [1.165, 1.54) is 20.7 Å². The van der Waals surface area contributed by atoms with Crippen molar-refractivity contribution >= 4 is 51.9 Å². The van der Waals surface area contributed by atoms with Gasteiger partial charge in [0.05, 0.1) is 10.2 Å². The van der Waals surface area contributed by atoms with Crippen molar-refractivity contribution in [3.05, 3.63) is 53.6 Å². The summed E-state index contributed by atoms with van der Waals surface area (Å²) in [6, 6.07) is 15.5. The van der Waals surface area contributed by atoms with Gasteiger partial charge in [0.2, 0.25) is 0 Å². The van der Waals surface area contributed by atoms with Crippen molar-refractivity contribution in [3.8, 4) is 0 Å². The standard InChI is InChI=1S/C21H27NO3S3Si/c1-5-23-29(24-6-2,25-7-3)15-17-14-16(4)12-13-19(17)27-28-21-22-18-10-8-9-11-20(18)26-21/h8-14H,5-7,15H2,1-4H3. The second kappa shape index (κ2) is 10.9. The Hall–Kier alpha value is -0.873. The van der Waals surface area contributed by atoms with Crippen LogP contribution in [0.5, 0.6) is 0 Å². The number of rotatable bonds is 11. The number of nitrogens with zero attached hydrogens (tertiary/aromatic N) is 1. The Morgan fingerprint density at radius 3 is 2.28 bits per heavy atom. The van der Waals surface area contributed by atoms with Gasteiger partial charge in [0.1, 0.15) is 0 Å². The second-order valence-corrected chi connectivity index (χ2v) is 12.4. The maximum atomic E-state index is 6.08. The first-order valence-electron chi connectivity index (χ1n) is 9.80. The van der Waals surface area contributed by atoms with Gasteiger partial charge in [-0.15, -0.1) is 11.3 Å². The highest BCUT2D eigenvalue weighted by Crippen LogP contribution is 2.42. The number of aromatic nitrogens is 1. The molecule has 1 aromatic heterocycles. The first-order valence-corrected chi connectivity index (χ1v) is 14.7. The second-order valence-electron chi connectivity index (χ2n) is 6.38. The summed E-state index contributed by atoms with van der Waals surface area (Å²) in [5, 5.41) is 0. The topological polar surface area (TPSA) is 40.6 Å². The SMILES string of the molecule is CCO[Si](Cc1cc(C)ccc1SSc1nc2ccccc2s1)(OCC)OCC. The van der Waals surface area contributed by atoms with Gasteiger partial charge in [-0.25, -0.2) is 4.98 Å². The maximum absolute atomic E-state index is 6.08. The number of thiazole rings is 1. The van der Waals surface area contributed by atoms with Crippen molar-refractivity contribution in [1.29, 1.82) is 0 Å². The smallest absolute Gasteiger partial charge is 0.374 e. The lowest BCUT2D eigenvalue weighted by atomic mass is 10.2. The van der Waals surface area contributed by atoms with Crippen LogP contribution in [-0.2, 0) is 19.3 Å². The molecule has 0 amide bonds. The highest BCUT2D eigenvalue weighted by molar-refractivity contribution is 8.77. The normalized spacial score (nSPS) is 12.0. The fraction of sp³-hybridized carbons (Fsp3) is 0.381. The van der Waals surface area contributed by atoms with E-state index in [-0.39, 0.29) is 0 Å². The van der Waals surface area contributed by atoms with Gasteiger partial charge < -0.3 is 13.3 Å². The van der Waals surface area contributed by atoms with Crippen LogP contribution in [0.4, 0.5) is 0 Å². The maximum Gasteiger partial charge on any atom is 0.505 e. The lowest BCUT2D eigenvalue weighted by Crippen LogP contribution is -2.48. The lowest BCUT2D eigenvalue weighted by molar-refractivity contribution is 0.0702. The summed E-state index contributed by atoms with van der Waals surface area (Å²) in [4.78, 5) is 5.94. The monoisotopic (exact) mass is 465 g/mol. The molecular formula is C21H27NO3S3Si. The molecule has 29 heavy (non-hydrogen) atoms. The molecule has 0 saturated heterocycles. The molecule has 8 heteroatoms. The van der Waals surface area contributed by atoms with Gasteiger partial charge in [0, 0.05) is 30.8 Å². The van der Waals surface area contributed by atoms with Gasteiger partial charge in [0.15, 0.2) is 4.34 Å². The van der Waals surface area contributed by atoms with E-state index in [1.54, 1.807) is 32.9 Å². The Kier molecular flexibility index (Phi) is 8.61. The van der Waals surface area contributed by atoms with Crippen LogP contribution in [0.25, 0.3) is 10.2 Å². The average molecular weight is 466 g/mol. The number of benzene rings is 2. The van der Waals surface area contributed by atoms with Crippen LogP contribution in [0.1, 0.15) is 31.9 Å². The van der Waals surface area contributed by atoms with Gasteiger partial charge >= 0.3 is 8.80 Å². The van der Waals surface area contributed by atoms with Crippen molar-refractivity contribution in [2.24, 2.45) is 0 Å².